The molecule has 1 unspecified atom stereocenters. The van der Waals surface area contributed by atoms with Crippen molar-refractivity contribution in [1.29, 1.82) is 0 Å². The molecule has 0 spiro atoms. The number of carbonyl (C=O) groups excluding carboxylic acids is 1. The minimum atomic E-state index is -3.60. The molecule has 0 bridgehead atoms. The summed E-state index contributed by atoms with van der Waals surface area (Å²) in [6, 6.07) is 13.4. The minimum absolute atomic E-state index is 0.0942. The van der Waals surface area contributed by atoms with Crippen molar-refractivity contribution in [3.8, 4) is 0 Å². The van der Waals surface area contributed by atoms with Crippen LogP contribution in [0.25, 0.3) is 0 Å². The molecule has 0 aliphatic rings. The molecule has 8 heteroatoms. The van der Waals surface area contributed by atoms with Crippen LogP contribution in [0.1, 0.15) is 44.2 Å². The summed E-state index contributed by atoms with van der Waals surface area (Å²) in [5.74, 6) is -0.147. The van der Waals surface area contributed by atoms with Crippen LogP contribution in [0, 0.1) is 0 Å². The summed E-state index contributed by atoms with van der Waals surface area (Å²) < 4.78 is 28.1. The molecule has 1 heterocycles. The maximum Gasteiger partial charge on any atom is 0.250 e. The highest BCUT2D eigenvalue weighted by molar-refractivity contribution is 7.91. The Morgan fingerprint density at radius 1 is 1.15 bits per heavy atom. The molecule has 0 radical (unpaired) electrons. The minimum Gasteiger partial charge on any atom is -0.351 e. The first kappa shape index (κ1) is 21.6. The van der Waals surface area contributed by atoms with Gasteiger partial charge in [0.1, 0.15) is 4.21 Å². The van der Waals surface area contributed by atoms with Gasteiger partial charge in [-0.1, -0.05) is 30.3 Å². The SMILES string of the molecule is CC(=O)NCc1ccc(S(=O)(=O)NCC(C)(C)NC(C)c2ccccc2)s1. The Labute approximate surface area is 165 Å². The van der Waals surface area contributed by atoms with E-state index >= 15 is 0 Å². The van der Waals surface area contributed by atoms with Gasteiger partial charge in [0.05, 0.1) is 6.54 Å². The van der Waals surface area contributed by atoms with E-state index in [-0.39, 0.29) is 22.7 Å². The van der Waals surface area contributed by atoms with Crippen LogP contribution in [0.15, 0.2) is 46.7 Å². The Balaban J connectivity index is 1.96. The van der Waals surface area contributed by atoms with E-state index < -0.39 is 15.6 Å². The Bertz CT molecular complexity index is 861. The number of carbonyl (C=O) groups is 1. The Morgan fingerprint density at radius 3 is 2.44 bits per heavy atom. The van der Waals surface area contributed by atoms with Crippen molar-refractivity contribution in [3.63, 3.8) is 0 Å². The van der Waals surface area contributed by atoms with Crippen molar-refractivity contribution in [2.24, 2.45) is 0 Å². The molecule has 0 aliphatic heterocycles. The number of hydrogen-bond acceptors (Lipinski definition) is 5. The highest BCUT2D eigenvalue weighted by Gasteiger charge is 2.25. The van der Waals surface area contributed by atoms with Gasteiger partial charge >= 0.3 is 0 Å². The van der Waals surface area contributed by atoms with Crippen molar-refractivity contribution in [2.45, 2.75) is 50.0 Å². The van der Waals surface area contributed by atoms with E-state index in [4.69, 9.17) is 0 Å². The highest BCUT2D eigenvalue weighted by atomic mass is 32.2. The number of thiophene rings is 1. The zero-order chi connectivity index (χ0) is 20.1. The molecular weight excluding hydrogens is 382 g/mol. The van der Waals surface area contributed by atoms with Crippen LogP contribution in [0.5, 0.6) is 0 Å². The second-order valence-corrected chi connectivity index (χ2v) is 10.3. The van der Waals surface area contributed by atoms with Gasteiger partial charge in [0.15, 0.2) is 0 Å². The Morgan fingerprint density at radius 2 is 1.81 bits per heavy atom. The summed E-state index contributed by atoms with van der Waals surface area (Å²) in [5.41, 5.74) is 0.716. The van der Waals surface area contributed by atoms with Crippen LogP contribution in [0.2, 0.25) is 0 Å². The van der Waals surface area contributed by atoms with E-state index in [1.165, 1.54) is 6.92 Å². The molecule has 1 amide bonds. The molecule has 0 saturated heterocycles. The summed E-state index contributed by atoms with van der Waals surface area (Å²) in [6.07, 6.45) is 0. The fraction of sp³-hybridized carbons (Fsp3) is 0.421. The first-order valence-corrected chi connectivity index (χ1v) is 11.0. The number of hydrogen-bond donors (Lipinski definition) is 3. The standard InChI is InChI=1S/C19H27N3O3S2/c1-14(16-8-6-5-7-9-16)22-19(3,4)13-21-27(24,25)18-11-10-17(26-18)12-20-15(2)23/h5-11,14,21-22H,12-13H2,1-4H3,(H,20,23). The molecule has 6 nitrogen and oxygen atoms in total. The Kier molecular flexibility index (Phi) is 7.16. The van der Waals surface area contributed by atoms with E-state index in [0.29, 0.717) is 6.54 Å². The maximum atomic E-state index is 12.6. The normalized spacial score (nSPS) is 13.3. The van der Waals surface area contributed by atoms with E-state index in [1.807, 2.05) is 44.2 Å². The molecule has 148 valence electrons. The molecule has 27 heavy (non-hydrogen) atoms. The van der Waals surface area contributed by atoms with Crippen molar-refractivity contribution < 1.29 is 13.2 Å². The lowest BCUT2D eigenvalue weighted by Crippen LogP contribution is -2.49. The van der Waals surface area contributed by atoms with Crippen molar-refractivity contribution >= 4 is 27.3 Å². The van der Waals surface area contributed by atoms with E-state index in [9.17, 15) is 13.2 Å². The molecular formula is C19H27N3O3S2. The molecule has 3 N–H and O–H groups in total. The van der Waals surface area contributed by atoms with Gasteiger partial charge in [-0.3, -0.25) is 4.79 Å². The largest absolute Gasteiger partial charge is 0.351 e. The van der Waals surface area contributed by atoms with Gasteiger partial charge in [0.25, 0.3) is 0 Å². The summed E-state index contributed by atoms with van der Waals surface area (Å²) in [6.45, 7) is 8.00. The number of amides is 1. The summed E-state index contributed by atoms with van der Waals surface area (Å²) in [5, 5.41) is 6.13. The fourth-order valence-corrected chi connectivity index (χ4v) is 5.17. The second kappa shape index (κ2) is 8.97. The summed E-state index contributed by atoms with van der Waals surface area (Å²) >= 11 is 1.16. The van der Waals surface area contributed by atoms with Crippen molar-refractivity contribution in [1.82, 2.24) is 15.4 Å². The topological polar surface area (TPSA) is 87.3 Å². The summed E-state index contributed by atoms with van der Waals surface area (Å²) in [4.78, 5) is 11.8. The predicted molar refractivity (Wildman–Crippen MR) is 109 cm³/mol. The van der Waals surface area contributed by atoms with Crippen LogP contribution in [-0.2, 0) is 21.4 Å². The van der Waals surface area contributed by atoms with Gasteiger partial charge in [-0.25, -0.2) is 13.1 Å². The molecule has 0 fully saturated rings. The third-order valence-corrected chi connectivity index (χ3v) is 7.00. The highest BCUT2D eigenvalue weighted by Crippen LogP contribution is 2.22. The smallest absolute Gasteiger partial charge is 0.250 e. The average Bonchev–Trinajstić information content (AvgIpc) is 3.09. The lowest BCUT2D eigenvalue weighted by molar-refractivity contribution is -0.119. The van der Waals surface area contributed by atoms with Crippen molar-refractivity contribution in [2.75, 3.05) is 6.54 Å². The molecule has 1 atom stereocenters. The number of benzene rings is 1. The quantitative estimate of drug-likeness (QED) is 0.594. The second-order valence-electron chi connectivity index (χ2n) is 7.12. The maximum absolute atomic E-state index is 12.6. The molecule has 0 aliphatic carbocycles. The van der Waals surface area contributed by atoms with Crippen molar-refractivity contribution in [3.05, 3.63) is 52.9 Å². The van der Waals surface area contributed by atoms with Gasteiger partial charge in [0.2, 0.25) is 15.9 Å². The van der Waals surface area contributed by atoms with Crippen LogP contribution >= 0.6 is 11.3 Å². The summed E-state index contributed by atoms with van der Waals surface area (Å²) in [7, 11) is -3.60. The van der Waals surface area contributed by atoms with Crippen LogP contribution in [0.3, 0.4) is 0 Å². The van der Waals surface area contributed by atoms with Crippen LogP contribution < -0.4 is 15.4 Å². The lowest BCUT2D eigenvalue weighted by Gasteiger charge is -2.30. The van der Waals surface area contributed by atoms with E-state index in [1.54, 1.807) is 12.1 Å². The lowest BCUT2D eigenvalue weighted by atomic mass is 10.0. The molecule has 1 aromatic carbocycles. The average molecular weight is 410 g/mol. The fourth-order valence-electron chi connectivity index (χ4n) is 2.62. The first-order chi connectivity index (χ1) is 12.6. The first-order valence-electron chi connectivity index (χ1n) is 8.74. The predicted octanol–water partition coefficient (Wildman–Crippen LogP) is 2.79. The monoisotopic (exact) mass is 409 g/mol. The molecule has 1 aromatic heterocycles. The third-order valence-electron chi connectivity index (χ3n) is 4.02. The zero-order valence-electron chi connectivity index (χ0n) is 16.1. The van der Waals surface area contributed by atoms with Gasteiger partial charge < -0.3 is 10.6 Å². The van der Waals surface area contributed by atoms with E-state index in [0.717, 1.165) is 21.8 Å². The number of rotatable bonds is 9. The van der Waals surface area contributed by atoms with E-state index in [2.05, 4.69) is 22.3 Å². The van der Waals surface area contributed by atoms with Crippen LogP contribution in [-0.4, -0.2) is 26.4 Å². The number of nitrogens with one attached hydrogen (secondary N) is 3. The molecule has 2 aromatic rings. The third kappa shape index (κ3) is 6.73. The van der Waals surface area contributed by atoms with Gasteiger partial charge in [-0.15, -0.1) is 11.3 Å². The van der Waals surface area contributed by atoms with Crippen LogP contribution in [0.4, 0.5) is 0 Å². The molecule has 2 rings (SSSR count). The molecule has 0 saturated carbocycles. The zero-order valence-corrected chi connectivity index (χ0v) is 17.7. The number of sulfonamides is 1. The van der Waals surface area contributed by atoms with Gasteiger partial charge in [0, 0.05) is 29.9 Å². The van der Waals surface area contributed by atoms with Gasteiger partial charge in [-0.05, 0) is 38.5 Å². The Hall–Kier alpha value is -1.74. The van der Waals surface area contributed by atoms with Gasteiger partial charge in [-0.2, -0.15) is 0 Å².